The molecule has 0 unspecified atom stereocenters. The third-order valence-corrected chi connectivity index (χ3v) is 9.63. The molecule has 0 spiro atoms. The molecule has 46 heavy (non-hydrogen) atoms. The first-order chi connectivity index (χ1) is 21.9. The van der Waals surface area contributed by atoms with E-state index in [1.165, 1.54) is 53.1 Å². The second-order valence-electron chi connectivity index (χ2n) is 10.8. The Labute approximate surface area is 261 Å². The number of piperazine rings is 1. The summed E-state index contributed by atoms with van der Waals surface area (Å²) < 4.78 is 41.7. The lowest BCUT2D eigenvalue weighted by Gasteiger charge is -2.35. The van der Waals surface area contributed by atoms with Crippen molar-refractivity contribution in [1.29, 1.82) is 0 Å². The topological polar surface area (TPSA) is 184 Å². The van der Waals surface area contributed by atoms with E-state index in [0.717, 1.165) is 12.1 Å². The lowest BCUT2D eigenvalue weighted by molar-refractivity contribution is 0.0687. The molecule has 5 N–H and O–H groups in total. The predicted molar refractivity (Wildman–Crippen MR) is 167 cm³/mol. The van der Waals surface area contributed by atoms with E-state index in [-0.39, 0.29) is 37.8 Å². The number of carbonyl (C=O) groups excluding carboxylic acids is 2. The van der Waals surface area contributed by atoms with Crippen molar-refractivity contribution in [2.75, 3.05) is 43.4 Å². The van der Waals surface area contributed by atoms with Gasteiger partial charge in [0.2, 0.25) is 15.7 Å². The number of nitrogens with one attached hydrogen (secondary N) is 2. The maximum atomic E-state index is 13.8. The van der Waals surface area contributed by atoms with Gasteiger partial charge in [-0.15, -0.1) is 0 Å². The number of hydrogen-bond donors (Lipinski definition) is 4. The molecule has 1 aliphatic heterocycles. The Morgan fingerprint density at radius 3 is 2.35 bits per heavy atom. The van der Waals surface area contributed by atoms with Crippen LogP contribution in [0, 0.1) is 5.82 Å². The summed E-state index contributed by atoms with van der Waals surface area (Å²) >= 11 is 0. The molecule has 1 saturated heterocycles. The van der Waals surface area contributed by atoms with Crippen molar-refractivity contribution in [3.8, 4) is 5.69 Å². The number of aromatic nitrogens is 3. The van der Waals surface area contributed by atoms with Gasteiger partial charge in [-0.3, -0.25) is 14.7 Å². The Morgan fingerprint density at radius 2 is 1.65 bits per heavy atom. The molecule has 2 aromatic heterocycles. The number of sulfone groups is 1. The molecule has 6 rings (SSSR count). The monoisotopic (exact) mass is 645 g/mol. The average molecular weight is 646 g/mol. The zero-order valence-corrected chi connectivity index (χ0v) is 25.2. The van der Waals surface area contributed by atoms with Gasteiger partial charge in [-0.2, -0.15) is 5.10 Å². The number of primary amides is 1. The second kappa shape index (κ2) is 11.8. The first-order valence-corrected chi connectivity index (χ1v) is 15.5. The number of fused-ring (bicyclic) bond motifs is 1. The number of carboxylic acids is 1. The van der Waals surface area contributed by atoms with E-state index in [1.54, 1.807) is 12.3 Å². The van der Waals surface area contributed by atoms with Crippen LogP contribution in [0.2, 0.25) is 0 Å². The molecule has 3 heterocycles. The number of likely N-dealkylation sites (N-methyl/N-ethyl adjacent to an activating group) is 1. The minimum absolute atomic E-state index is 0.0383. The lowest BCUT2D eigenvalue weighted by atomic mass is 10.0. The van der Waals surface area contributed by atoms with E-state index in [2.05, 4.69) is 20.4 Å². The molecule has 2 amide bonds. The van der Waals surface area contributed by atoms with Crippen LogP contribution in [0.4, 0.5) is 15.9 Å². The Kier molecular flexibility index (Phi) is 7.79. The summed E-state index contributed by atoms with van der Waals surface area (Å²) in [7, 11) is -2.14. The Bertz CT molecular complexity index is 2130. The maximum Gasteiger partial charge on any atom is 0.352 e. The van der Waals surface area contributed by atoms with Gasteiger partial charge in [-0.05, 0) is 67.7 Å². The van der Waals surface area contributed by atoms with Crippen LogP contribution in [-0.2, 0) is 9.84 Å². The first-order valence-electron chi connectivity index (χ1n) is 14.1. The third-order valence-electron chi connectivity index (χ3n) is 7.88. The van der Waals surface area contributed by atoms with Crippen LogP contribution >= 0.6 is 0 Å². The minimum Gasteiger partial charge on any atom is -0.477 e. The summed E-state index contributed by atoms with van der Waals surface area (Å²) in [5, 5.41) is 19.6. The Balaban J connectivity index is 1.43. The number of rotatable bonds is 8. The SMILES string of the molecule is CN1CCN(c2cc(C(N)=O)c(C(=O)Nc3n[nH]c4ccc(S(=O)(=O)c5cccc(F)c5)cc34)cc2-n2cccc2C(=O)O)CC1. The highest BCUT2D eigenvalue weighted by Gasteiger charge is 2.27. The van der Waals surface area contributed by atoms with E-state index in [9.17, 15) is 32.3 Å². The number of aromatic carboxylic acids is 1. The van der Waals surface area contributed by atoms with Crippen molar-refractivity contribution >= 4 is 50.0 Å². The van der Waals surface area contributed by atoms with Gasteiger partial charge in [-0.1, -0.05) is 6.07 Å². The Morgan fingerprint density at radius 1 is 0.935 bits per heavy atom. The molecule has 0 aliphatic carbocycles. The molecule has 0 radical (unpaired) electrons. The lowest BCUT2D eigenvalue weighted by Crippen LogP contribution is -2.45. The fourth-order valence-corrected chi connectivity index (χ4v) is 6.75. The number of H-pyrrole nitrogens is 1. The second-order valence-corrected chi connectivity index (χ2v) is 12.8. The number of aromatic amines is 1. The largest absolute Gasteiger partial charge is 0.477 e. The van der Waals surface area contributed by atoms with Crippen LogP contribution < -0.4 is 16.0 Å². The zero-order chi connectivity index (χ0) is 32.7. The van der Waals surface area contributed by atoms with Crippen LogP contribution in [0.3, 0.4) is 0 Å². The predicted octanol–water partition coefficient (Wildman–Crippen LogP) is 3.13. The average Bonchev–Trinajstić information content (AvgIpc) is 3.68. The fraction of sp³-hybridized carbons (Fsp3) is 0.161. The maximum absolute atomic E-state index is 13.8. The Hall–Kier alpha value is -5.54. The van der Waals surface area contributed by atoms with E-state index in [0.29, 0.717) is 43.1 Å². The van der Waals surface area contributed by atoms with Gasteiger partial charge in [-0.25, -0.2) is 17.6 Å². The van der Waals surface area contributed by atoms with E-state index < -0.39 is 33.4 Å². The molecular weight excluding hydrogens is 617 g/mol. The normalized spacial score (nSPS) is 14.0. The number of benzene rings is 3. The van der Waals surface area contributed by atoms with Gasteiger partial charge in [0.25, 0.3) is 5.91 Å². The zero-order valence-electron chi connectivity index (χ0n) is 24.4. The van der Waals surface area contributed by atoms with Crippen molar-refractivity contribution in [3.63, 3.8) is 0 Å². The number of anilines is 2. The number of nitrogens with zero attached hydrogens (tertiary/aromatic N) is 4. The molecule has 0 atom stereocenters. The summed E-state index contributed by atoms with van der Waals surface area (Å²) in [5.74, 6) is -3.61. The summed E-state index contributed by atoms with van der Waals surface area (Å²) in [6, 6.07) is 14.6. The van der Waals surface area contributed by atoms with Gasteiger partial charge in [0.05, 0.1) is 37.8 Å². The molecule has 1 fully saturated rings. The number of carbonyl (C=O) groups is 3. The van der Waals surface area contributed by atoms with Gasteiger partial charge in [0, 0.05) is 37.8 Å². The van der Waals surface area contributed by atoms with E-state index in [4.69, 9.17) is 5.73 Å². The molecule has 236 valence electrons. The molecular formula is C31H28FN7O6S. The van der Waals surface area contributed by atoms with Crippen molar-refractivity contribution in [3.05, 3.63) is 95.6 Å². The fourth-order valence-electron chi connectivity index (χ4n) is 5.43. The minimum atomic E-state index is -4.12. The molecule has 13 nitrogen and oxygen atoms in total. The van der Waals surface area contributed by atoms with Crippen LogP contribution in [0.5, 0.6) is 0 Å². The van der Waals surface area contributed by atoms with E-state index >= 15 is 0 Å². The highest BCUT2D eigenvalue weighted by molar-refractivity contribution is 7.91. The summed E-state index contributed by atoms with van der Waals surface area (Å²) in [4.78, 5) is 42.3. The van der Waals surface area contributed by atoms with Crippen LogP contribution in [0.15, 0.2) is 82.7 Å². The molecule has 5 aromatic rings. The van der Waals surface area contributed by atoms with Gasteiger partial charge in [0.1, 0.15) is 11.5 Å². The first kappa shape index (κ1) is 30.5. The van der Waals surface area contributed by atoms with Crippen molar-refractivity contribution in [2.24, 2.45) is 5.73 Å². The van der Waals surface area contributed by atoms with Crippen LogP contribution in [-0.4, -0.2) is 84.2 Å². The summed E-state index contributed by atoms with van der Waals surface area (Å²) in [5.41, 5.74) is 6.71. The smallest absolute Gasteiger partial charge is 0.352 e. The highest BCUT2D eigenvalue weighted by atomic mass is 32.2. The van der Waals surface area contributed by atoms with Crippen LogP contribution in [0.1, 0.15) is 31.2 Å². The van der Waals surface area contributed by atoms with Gasteiger partial charge in [0.15, 0.2) is 5.82 Å². The standard InChI is InChI=1S/C31H28FN7O6S/c1-37-10-12-38(13-11-37)26-16-21(28(33)40)22(17-27(26)39-9-3-6-25(39)31(42)43)30(41)34-29-23-15-20(7-8-24(23)35-36-29)46(44,45)19-5-2-4-18(32)14-19/h2-9,14-17H,10-13H2,1H3,(H2,33,40)(H,42,43)(H2,34,35,36,41). The summed E-state index contributed by atoms with van der Waals surface area (Å²) in [6.45, 7) is 2.59. The number of carboxylic acid groups (broad SMARTS) is 1. The third kappa shape index (κ3) is 5.57. The number of amides is 2. The summed E-state index contributed by atoms with van der Waals surface area (Å²) in [6.07, 6.45) is 1.55. The quantitative estimate of drug-likeness (QED) is 0.197. The molecule has 3 aromatic carbocycles. The van der Waals surface area contributed by atoms with E-state index in [1.807, 2.05) is 11.9 Å². The molecule has 0 bridgehead atoms. The van der Waals surface area contributed by atoms with Gasteiger partial charge >= 0.3 is 5.97 Å². The highest BCUT2D eigenvalue weighted by Crippen LogP contribution is 2.33. The molecule has 1 aliphatic rings. The number of hydrogen-bond acceptors (Lipinski definition) is 8. The number of halogens is 1. The van der Waals surface area contributed by atoms with Crippen molar-refractivity contribution in [2.45, 2.75) is 9.79 Å². The van der Waals surface area contributed by atoms with Crippen molar-refractivity contribution in [1.82, 2.24) is 19.7 Å². The van der Waals surface area contributed by atoms with Crippen molar-refractivity contribution < 1.29 is 32.3 Å². The molecule has 0 saturated carbocycles. The van der Waals surface area contributed by atoms with Gasteiger partial charge < -0.3 is 30.5 Å². The van der Waals surface area contributed by atoms with Crippen LogP contribution in [0.25, 0.3) is 16.6 Å². The molecule has 15 heteroatoms. The number of nitrogens with two attached hydrogens (primary N) is 1.